The van der Waals surface area contributed by atoms with Crippen molar-refractivity contribution in [3.63, 3.8) is 0 Å². The predicted octanol–water partition coefficient (Wildman–Crippen LogP) is 1.00. The Morgan fingerprint density at radius 2 is 2.06 bits per heavy atom. The van der Waals surface area contributed by atoms with Crippen LogP contribution in [0.25, 0.3) is 0 Å². The Balaban J connectivity index is 2.48. The molecular weight excluding hydrogens is 210 g/mol. The van der Waals surface area contributed by atoms with Gasteiger partial charge in [-0.1, -0.05) is 0 Å². The zero-order valence-corrected chi connectivity index (χ0v) is 10.4. The van der Waals surface area contributed by atoms with Gasteiger partial charge < -0.3 is 19.5 Å². The molecule has 5 nitrogen and oxygen atoms in total. The summed E-state index contributed by atoms with van der Waals surface area (Å²) in [6.45, 7) is 8.52. The first-order chi connectivity index (χ1) is 7.33. The first-order valence-corrected chi connectivity index (χ1v) is 5.61. The number of hydrogen-bond acceptors (Lipinski definition) is 4. The van der Waals surface area contributed by atoms with E-state index in [1.165, 1.54) is 4.90 Å². The Morgan fingerprint density at radius 1 is 1.44 bits per heavy atom. The second-order valence-electron chi connectivity index (χ2n) is 4.95. The maximum absolute atomic E-state index is 11.7. The Bertz CT molecular complexity index is 249. The number of carbonyl (C=O) groups excluding carboxylic acids is 1. The normalized spacial score (nSPS) is 25.9. The number of aliphatic hydroxyl groups is 1. The van der Waals surface area contributed by atoms with E-state index in [-0.39, 0.29) is 12.6 Å². The molecule has 2 atom stereocenters. The van der Waals surface area contributed by atoms with E-state index in [9.17, 15) is 9.90 Å². The highest BCUT2D eigenvalue weighted by molar-refractivity contribution is 5.68. The van der Waals surface area contributed by atoms with Gasteiger partial charge in [0.1, 0.15) is 11.7 Å². The highest BCUT2D eigenvalue weighted by atomic mass is 16.6. The molecule has 0 aromatic carbocycles. The van der Waals surface area contributed by atoms with Crippen LogP contribution >= 0.6 is 0 Å². The predicted molar refractivity (Wildman–Crippen MR) is 59.2 cm³/mol. The standard InChI is InChI=1S/C11H21NO4/c1-5-15-9-7-12(6-8(9)13)10(14)16-11(2,3)4/h8-9,13H,5-7H2,1-4H3/t8-,9-/m0/s1. The van der Waals surface area contributed by atoms with E-state index >= 15 is 0 Å². The van der Waals surface area contributed by atoms with Crippen LogP contribution in [0.2, 0.25) is 0 Å². The van der Waals surface area contributed by atoms with Gasteiger partial charge in [-0.2, -0.15) is 0 Å². The van der Waals surface area contributed by atoms with Gasteiger partial charge in [-0.15, -0.1) is 0 Å². The van der Waals surface area contributed by atoms with Crippen LogP contribution in [0.3, 0.4) is 0 Å². The Morgan fingerprint density at radius 3 is 2.56 bits per heavy atom. The van der Waals surface area contributed by atoms with Gasteiger partial charge in [0.25, 0.3) is 0 Å². The number of ether oxygens (including phenoxy) is 2. The van der Waals surface area contributed by atoms with E-state index in [4.69, 9.17) is 9.47 Å². The topological polar surface area (TPSA) is 59.0 Å². The monoisotopic (exact) mass is 231 g/mol. The van der Waals surface area contributed by atoms with Gasteiger partial charge in [0.05, 0.1) is 19.2 Å². The summed E-state index contributed by atoms with van der Waals surface area (Å²) in [5.74, 6) is 0. The first kappa shape index (κ1) is 13.3. The van der Waals surface area contributed by atoms with Crippen molar-refractivity contribution in [3.05, 3.63) is 0 Å². The minimum absolute atomic E-state index is 0.277. The van der Waals surface area contributed by atoms with E-state index < -0.39 is 17.8 Å². The molecule has 0 spiro atoms. The molecule has 0 aromatic heterocycles. The van der Waals surface area contributed by atoms with E-state index in [1.54, 1.807) is 0 Å². The molecule has 0 bridgehead atoms. The van der Waals surface area contributed by atoms with Gasteiger partial charge >= 0.3 is 6.09 Å². The van der Waals surface area contributed by atoms with Crippen molar-refractivity contribution >= 4 is 6.09 Å². The Labute approximate surface area is 96.3 Å². The minimum Gasteiger partial charge on any atom is -0.444 e. The summed E-state index contributed by atoms with van der Waals surface area (Å²) in [5, 5.41) is 9.66. The van der Waals surface area contributed by atoms with E-state index in [0.29, 0.717) is 13.2 Å². The summed E-state index contributed by atoms with van der Waals surface area (Å²) >= 11 is 0. The molecule has 1 aliphatic rings. The van der Waals surface area contributed by atoms with E-state index in [2.05, 4.69) is 0 Å². The zero-order chi connectivity index (χ0) is 12.3. The van der Waals surface area contributed by atoms with Gasteiger partial charge in [-0.3, -0.25) is 0 Å². The second-order valence-corrected chi connectivity index (χ2v) is 4.95. The molecule has 1 rings (SSSR count). The van der Waals surface area contributed by atoms with Crippen LogP contribution in [0.4, 0.5) is 4.79 Å². The molecule has 1 N–H and O–H groups in total. The molecule has 1 saturated heterocycles. The van der Waals surface area contributed by atoms with E-state index in [0.717, 1.165) is 0 Å². The summed E-state index contributed by atoms with van der Waals surface area (Å²) in [6.07, 6.45) is -1.31. The zero-order valence-electron chi connectivity index (χ0n) is 10.4. The molecular formula is C11H21NO4. The highest BCUT2D eigenvalue weighted by Gasteiger charge is 2.36. The largest absolute Gasteiger partial charge is 0.444 e. The van der Waals surface area contributed by atoms with Crippen LogP contribution < -0.4 is 0 Å². The molecule has 1 amide bonds. The van der Waals surface area contributed by atoms with Crippen LogP contribution in [0, 0.1) is 0 Å². The van der Waals surface area contributed by atoms with Crippen LogP contribution in [0.5, 0.6) is 0 Å². The molecule has 16 heavy (non-hydrogen) atoms. The molecule has 0 radical (unpaired) electrons. The molecule has 94 valence electrons. The molecule has 0 aliphatic carbocycles. The third kappa shape index (κ3) is 3.64. The summed E-state index contributed by atoms with van der Waals surface area (Å²) in [6, 6.07) is 0. The molecule has 1 fully saturated rings. The van der Waals surface area contributed by atoms with Crippen LogP contribution in [0.1, 0.15) is 27.7 Å². The maximum atomic E-state index is 11.7. The third-order valence-corrected chi connectivity index (χ3v) is 2.27. The van der Waals surface area contributed by atoms with Gasteiger partial charge in [-0.25, -0.2) is 4.79 Å². The molecule has 1 aliphatic heterocycles. The number of nitrogens with zero attached hydrogens (tertiary/aromatic N) is 1. The fraction of sp³-hybridized carbons (Fsp3) is 0.909. The van der Waals surface area contributed by atoms with Crippen molar-refractivity contribution in [1.29, 1.82) is 0 Å². The number of carbonyl (C=O) groups is 1. The van der Waals surface area contributed by atoms with Crippen LogP contribution in [-0.2, 0) is 9.47 Å². The maximum Gasteiger partial charge on any atom is 0.410 e. The van der Waals surface area contributed by atoms with Crippen molar-refractivity contribution in [1.82, 2.24) is 4.90 Å². The highest BCUT2D eigenvalue weighted by Crippen LogP contribution is 2.17. The summed E-state index contributed by atoms with van der Waals surface area (Å²) in [4.78, 5) is 13.2. The average Bonchev–Trinajstić information content (AvgIpc) is 2.46. The molecule has 0 aromatic rings. The summed E-state index contributed by atoms with van der Waals surface area (Å²) < 4.78 is 10.5. The number of aliphatic hydroxyl groups excluding tert-OH is 1. The minimum atomic E-state index is -0.618. The third-order valence-electron chi connectivity index (χ3n) is 2.27. The average molecular weight is 231 g/mol. The van der Waals surface area contributed by atoms with Gasteiger partial charge in [0.15, 0.2) is 0 Å². The van der Waals surface area contributed by atoms with Crippen molar-refractivity contribution < 1.29 is 19.4 Å². The number of likely N-dealkylation sites (tertiary alicyclic amines) is 1. The number of amides is 1. The second kappa shape index (κ2) is 5.01. The van der Waals surface area contributed by atoms with Gasteiger partial charge in [-0.05, 0) is 27.7 Å². The van der Waals surface area contributed by atoms with Crippen molar-refractivity contribution in [2.75, 3.05) is 19.7 Å². The van der Waals surface area contributed by atoms with Crippen molar-refractivity contribution in [3.8, 4) is 0 Å². The Kier molecular flexibility index (Phi) is 4.15. The Hall–Kier alpha value is -0.810. The van der Waals surface area contributed by atoms with Crippen LogP contribution in [0.15, 0.2) is 0 Å². The lowest BCUT2D eigenvalue weighted by Gasteiger charge is -2.24. The lowest BCUT2D eigenvalue weighted by atomic mass is 10.2. The fourth-order valence-corrected chi connectivity index (χ4v) is 1.61. The number of rotatable bonds is 2. The van der Waals surface area contributed by atoms with Crippen molar-refractivity contribution in [2.45, 2.75) is 45.5 Å². The number of β-amino-alcohol motifs (C(OH)–C–C–N with tert-alkyl or cyclic N) is 1. The SMILES string of the molecule is CCO[C@H]1CN(C(=O)OC(C)(C)C)C[C@@H]1O. The lowest BCUT2D eigenvalue weighted by Crippen LogP contribution is -2.36. The van der Waals surface area contributed by atoms with Gasteiger partial charge in [0, 0.05) is 6.61 Å². The fourth-order valence-electron chi connectivity index (χ4n) is 1.61. The number of hydrogen-bond donors (Lipinski definition) is 1. The summed E-state index contributed by atoms with van der Waals surface area (Å²) in [7, 11) is 0. The molecule has 0 unspecified atom stereocenters. The molecule has 0 saturated carbocycles. The van der Waals surface area contributed by atoms with Gasteiger partial charge in [0.2, 0.25) is 0 Å². The lowest BCUT2D eigenvalue weighted by molar-refractivity contribution is -0.00301. The molecule has 1 heterocycles. The van der Waals surface area contributed by atoms with E-state index in [1.807, 2.05) is 27.7 Å². The quantitative estimate of drug-likeness (QED) is 0.770. The first-order valence-electron chi connectivity index (χ1n) is 5.61. The van der Waals surface area contributed by atoms with Crippen molar-refractivity contribution in [2.24, 2.45) is 0 Å². The summed E-state index contributed by atoms with van der Waals surface area (Å²) in [5.41, 5.74) is -0.508. The van der Waals surface area contributed by atoms with Crippen LogP contribution in [-0.4, -0.2) is 53.6 Å². The molecule has 5 heteroatoms. The smallest absolute Gasteiger partial charge is 0.410 e.